The Morgan fingerprint density at radius 1 is 1.16 bits per heavy atom. The maximum absolute atomic E-state index is 12.7. The molecular weight excluding hydrogens is 414 g/mol. The van der Waals surface area contributed by atoms with Crippen molar-refractivity contribution >= 4 is 27.5 Å². The number of thiophene rings is 1. The molecule has 1 amide bonds. The minimum atomic E-state index is -0.0944. The number of benzene rings is 1. The minimum Gasteiger partial charge on any atom is -0.454 e. The van der Waals surface area contributed by atoms with Gasteiger partial charge in [-0.3, -0.25) is 14.2 Å². The SMILES string of the molecule is O=C(CCn1cnc2sccc2c1=O)NCC1(c2ccc3c(c2)OCO3)CCCCC1. The van der Waals surface area contributed by atoms with Crippen LogP contribution >= 0.6 is 11.3 Å². The third-order valence-electron chi connectivity index (χ3n) is 6.45. The highest BCUT2D eigenvalue weighted by Crippen LogP contribution is 2.43. The molecule has 3 aromatic rings. The Morgan fingerprint density at radius 2 is 2.00 bits per heavy atom. The molecule has 162 valence electrons. The van der Waals surface area contributed by atoms with Crippen LogP contribution in [0.1, 0.15) is 44.1 Å². The number of fused-ring (bicyclic) bond motifs is 2. The molecule has 7 nitrogen and oxygen atoms in total. The zero-order valence-corrected chi connectivity index (χ0v) is 18.1. The van der Waals surface area contributed by atoms with Gasteiger partial charge in [0.25, 0.3) is 5.56 Å². The molecule has 0 saturated heterocycles. The summed E-state index contributed by atoms with van der Waals surface area (Å²) in [4.78, 5) is 30.2. The molecule has 0 atom stereocenters. The van der Waals surface area contributed by atoms with Gasteiger partial charge in [-0.05, 0) is 42.0 Å². The van der Waals surface area contributed by atoms with E-state index in [4.69, 9.17) is 9.47 Å². The van der Waals surface area contributed by atoms with Crippen LogP contribution in [0.5, 0.6) is 11.5 Å². The van der Waals surface area contributed by atoms with Crippen molar-refractivity contribution in [3.63, 3.8) is 0 Å². The zero-order chi connectivity index (χ0) is 21.3. The molecule has 31 heavy (non-hydrogen) atoms. The summed E-state index contributed by atoms with van der Waals surface area (Å²) in [6, 6.07) is 7.92. The number of carbonyl (C=O) groups is 1. The van der Waals surface area contributed by atoms with Crippen LogP contribution in [0.3, 0.4) is 0 Å². The van der Waals surface area contributed by atoms with E-state index in [1.165, 1.54) is 34.2 Å². The van der Waals surface area contributed by atoms with Crippen LogP contribution < -0.4 is 20.3 Å². The van der Waals surface area contributed by atoms with Gasteiger partial charge in [0, 0.05) is 24.9 Å². The van der Waals surface area contributed by atoms with Crippen LogP contribution in [-0.4, -0.2) is 28.8 Å². The third-order valence-corrected chi connectivity index (χ3v) is 7.27. The summed E-state index contributed by atoms with van der Waals surface area (Å²) in [7, 11) is 0. The Morgan fingerprint density at radius 3 is 2.87 bits per heavy atom. The van der Waals surface area contributed by atoms with Crippen LogP contribution in [0, 0.1) is 0 Å². The Hall–Kier alpha value is -2.87. The first-order valence-corrected chi connectivity index (χ1v) is 11.6. The van der Waals surface area contributed by atoms with Crippen LogP contribution in [0.15, 0.2) is 40.8 Å². The van der Waals surface area contributed by atoms with Gasteiger partial charge < -0.3 is 14.8 Å². The minimum absolute atomic E-state index is 0.0528. The maximum atomic E-state index is 12.7. The maximum Gasteiger partial charge on any atom is 0.262 e. The smallest absolute Gasteiger partial charge is 0.262 e. The van der Waals surface area contributed by atoms with Gasteiger partial charge in [0.1, 0.15) is 4.83 Å². The second kappa shape index (κ2) is 8.34. The number of hydrogen-bond donors (Lipinski definition) is 1. The fraction of sp³-hybridized carbons (Fsp3) is 0.435. The van der Waals surface area contributed by atoms with Gasteiger partial charge >= 0.3 is 0 Å². The van der Waals surface area contributed by atoms with Gasteiger partial charge in [0.05, 0.1) is 11.7 Å². The Labute approximate surface area is 184 Å². The highest BCUT2D eigenvalue weighted by atomic mass is 32.1. The van der Waals surface area contributed by atoms with E-state index < -0.39 is 0 Å². The molecule has 0 bridgehead atoms. The lowest BCUT2D eigenvalue weighted by atomic mass is 9.69. The topological polar surface area (TPSA) is 82.5 Å². The van der Waals surface area contributed by atoms with Crippen LogP contribution in [0.2, 0.25) is 0 Å². The van der Waals surface area contributed by atoms with E-state index in [1.54, 1.807) is 6.07 Å². The van der Waals surface area contributed by atoms with Crippen LogP contribution in [-0.2, 0) is 16.8 Å². The second-order valence-corrected chi connectivity index (χ2v) is 9.21. The standard InChI is InChI=1S/C23H25N3O4S/c27-20(6-10-26-14-25-21-17(22(26)28)7-11-31-21)24-13-23(8-2-1-3-9-23)16-4-5-18-19(12-16)30-15-29-18/h4-5,7,11-12,14H,1-3,6,8-10,13,15H2,(H,24,27). The molecule has 5 rings (SSSR count). The van der Waals surface area contributed by atoms with E-state index in [0.29, 0.717) is 18.5 Å². The Balaban J connectivity index is 1.26. The first kappa shape index (κ1) is 20.1. The summed E-state index contributed by atoms with van der Waals surface area (Å²) in [6.45, 7) is 1.16. The van der Waals surface area contributed by atoms with Crippen molar-refractivity contribution in [3.05, 3.63) is 51.9 Å². The molecule has 0 radical (unpaired) electrons. The highest BCUT2D eigenvalue weighted by molar-refractivity contribution is 7.16. The molecule has 1 saturated carbocycles. The Kier molecular flexibility index (Phi) is 5.40. The molecule has 3 heterocycles. The molecule has 1 aliphatic carbocycles. The van der Waals surface area contributed by atoms with Gasteiger partial charge in [0.2, 0.25) is 12.7 Å². The molecular formula is C23H25N3O4S. The molecule has 2 aliphatic rings. The normalized spacial score (nSPS) is 17.0. The van der Waals surface area contributed by atoms with Gasteiger partial charge in [-0.25, -0.2) is 4.98 Å². The van der Waals surface area contributed by atoms with Crippen molar-refractivity contribution in [1.29, 1.82) is 0 Å². The molecule has 1 aromatic carbocycles. The average Bonchev–Trinajstić information content (AvgIpc) is 3.47. The van der Waals surface area contributed by atoms with E-state index in [1.807, 2.05) is 11.4 Å². The molecule has 1 N–H and O–H groups in total. The molecule has 8 heteroatoms. The van der Waals surface area contributed by atoms with Crippen LogP contribution in [0.25, 0.3) is 10.2 Å². The van der Waals surface area contributed by atoms with Crippen molar-refractivity contribution in [1.82, 2.24) is 14.9 Å². The van der Waals surface area contributed by atoms with Crippen molar-refractivity contribution in [3.8, 4) is 11.5 Å². The van der Waals surface area contributed by atoms with Crippen LogP contribution in [0.4, 0.5) is 0 Å². The summed E-state index contributed by atoms with van der Waals surface area (Å²) < 4.78 is 12.5. The largest absolute Gasteiger partial charge is 0.454 e. The number of carbonyl (C=O) groups excluding carboxylic acids is 1. The number of aromatic nitrogens is 2. The number of nitrogens with one attached hydrogen (secondary N) is 1. The third kappa shape index (κ3) is 3.92. The van der Waals surface area contributed by atoms with E-state index in [2.05, 4.69) is 22.4 Å². The highest BCUT2D eigenvalue weighted by Gasteiger charge is 2.35. The van der Waals surface area contributed by atoms with Crippen molar-refractivity contribution < 1.29 is 14.3 Å². The number of hydrogen-bond acceptors (Lipinski definition) is 6. The number of rotatable bonds is 6. The van der Waals surface area contributed by atoms with Crippen molar-refractivity contribution in [2.75, 3.05) is 13.3 Å². The first-order valence-electron chi connectivity index (χ1n) is 10.7. The first-order chi connectivity index (χ1) is 15.1. The van der Waals surface area contributed by atoms with E-state index in [-0.39, 0.29) is 30.1 Å². The summed E-state index contributed by atoms with van der Waals surface area (Å²) in [5, 5.41) is 5.60. The van der Waals surface area contributed by atoms with Crippen molar-refractivity contribution in [2.24, 2.45) is 0 Å². The zero-order valence-electron chi connectivity index (χ0n) is 17.3. The summed E-state index contributed by atoms with van der Waals surface area (Å²) in [5.41, 5.74) is 1.01. The molecule has 0 spiro atoms. The number of nitrogens with zero attached hydrogens (tertiary/aromatic N) is 2. The summed E-state index contributed by atoms with van der Waals surface area (Å²) in [5.74, 6) is 1.51. The fourth-order valence-corrected chi connectivity index (χ4v) is 5.38. The molecule has 0 unspecified atom stereocenters. The summed E-state index contributed by atoms with van der Waals surface area (Å²) in [6.07, 6.45) is 7.35. The van der Waals surface area contributed by atoms with Gasteiger partial charge in [-0.2, -0.15) is 0 Å². The van der Waals surface area contributed by atoms with E-state index in [9.17, 15) is 9.59 Å². The number of aryl methyl sites for hydroxylation is 1. The molecule has 1 aliphatic heterocycles. The van der Waals surface area contributed by atoms with Gasteiger partial charge in [-0.15, -0.1) is 11.3 Å². The monoisotopic (exact) mass is 439 g/mol. The second-order valence-electron chi connectivity index (χ2n) is 8.32. The summed E-state index contributed by atoms with van der Waals surface area (Å²) >= 11 is 1.44. The predicted molar refractivity (Wildman–Crippen MR) is 119 cm³/mol. The lowest BCUT2D eigenvalue weighted by Crippen LogP contribution is -2.42. The lowest BCUT2D eigenvalue weighted by Gasteiger charge is -2.38. The van der Waals surface area contributed by atoms with Gasteiger partial charge in [-0.1, -0.05) is 25.3 Å². The number of amides is 1. The predicted octanol–water partition coefficient (Wildman–Crippen LogP) is 3.60. The average molecular weight is 440 g/mol. The molecule has 2 aromatic heterocycles. The fourth-order valence-electron chi connectivity index (χ4n) is 4.65. The molecule has 1 fully saturated rings. The van der Waals surface area contributed by atoms with E-state index in [0.717, 1.165) is 42.0 Å². The van der Waals surface area contributed by atoms with Gasteiger partial charge in [0.15, 0.2) is 11.5 Å². The quantitative estimate of drug-likeness (QED) is 0.635. The Bertz CT molecular complexity index is 1160. The van der Waals surface area contributed by atoms with E-state index >= 15 is 0 Å². The van der Waals surface area contributed by atoms with Crippen molar-refractivity contribution in [2.45, 2.75) is 50.5 Å². The lowest BCUT2D eigenvalue weighted by molar-refractivity contribution is -0.121. The number of ether oxygens (including phenoxy) is 2.